The number of hydrogen-bond acceptors (Lipinski definition) is 6. The zero-order chi connectivity index (χ0) is 18.9. The lowest BCUT2D eigenvalue weighted by Crippen LogP contribution is -2.30. The van der Waals surface area contributed by atoms with E-state index >= 15 is 0 Å². The fraction of sp³-hybridized carbons (Fsp3) is 0.400. The molecule has 0 amide bonds. The van der Waals surface area contributed by atoms with Crippen LogP contribution < -0.4 is 5.32 Å². The zero-order valence-corrected chi connectivity index (χ0v) is 15.8. The molecule has 0 radical (unpaired) electrons. The number of ether oxygens (including phenoxy) is 1. The number of rotatable bonds is 5. The average Bonchev–Trinajstić information content (AvgIpc) is 3.35. The van der Waals surface area contributed by atoms with Gasteiger partial charge >= 0.3 is 0 Å². The highest BCUT2D eigenvalue weighted by atomic mass is 16.5. The van der Waals surface area contributed by atoms with Gasteiger partial charge in [-0.1, -0.05) is 0 Å². The Kier molecular flexibility index (Phi) is 4.40. The standard InChI is InChI=1S/C20H23N7O/c1-2-28-16-5-3-15(4-6-16)24-19-22-12-18-17(7-9-27(18)25-19)14-11-23-20-21-8-10-26(20)13-14/h7-13,15-16H,2-6H2,1H3,(H,24,25)/t15-,16+. The summed E-state index contributed by atoms with van der Waals surface area (Å²) in [6.45, 7) is 2.85. The lowest BCUT2D eigenvalue weighted by atomic mass is 9.93. The first-order valence-corrected chi connectivity index (χ1v) is 9.82. The van der Waals surface area contributed by atoms with Crippen molar-refractivity contribution in [2.75, 3.05) is 11.9 Å². The van der Waals surface area contributed by atoms with Crippen molar-refractivity contribution >= 4 is 17.2 Å². The molecule has 0 aromatic carbocycles. The molecule has 4 heterocycles. The molecule has 4 aromatic rings. The summed E-state index contributed by atoms with van der Waals surface area (Å²) in [5.41, 5.74) is 3.00. The van der Waals surface area contributed by atoms with Crippen molar-refractivity contribution in [3.8, 4) is 11.1 Å². The van der Waals surface area contributed by atoms with Crippen molar-refractivity contribution in [2.24, 2.45) is 0 Å². The molecule has 0 aliphatic heterocycles. The van der Waals surface area contributed by atoms with Gasteiger partial charge in [0.1, 0.15) is 0 Å². The number of aromatic nitrogens is 6. The molecule has 0 saturated heterocycles. The largest absolute Gasteiger partial charge is 0.379 e. The Morgan fingerprint density at radius 3 is 2.86 bits per heavy atom. The summed E-state index contributed by atoms with van der Waals surface area (Å²) in [6, 6.07) is 2.44. The molecule has 0 atom stereocenters. The highest BCUT2D eigenvalue weighted by Gasteiger charge is 2.22. The molecule has 5 rings (SSSR count). The first-order chi connectivity index (χ1) is 13.8. The smallest absolute Gasteiger partial charge is 0.241 e. The van der Waals surface area contributed by atoms with Crippen LogP contribution in [0, 0.1) is 0 Å². The zero-order valence-electron chi connectivity index (χ0n) is 15.8. The topological polar surface area (TPSA) is 81.6 Å². The quantitative estimate of drug-likeness (QED) is 0.575. The number of imidazole rings is 1. The lowest BCUT2D eigenvalue weighted by Gasteiger charge is -2.28. The first kappa shape index (κ1) is 17.1. The first-order valence-electron chi connectivity index (χ1n) is 9.82. The molecule has 1 saturated carbocycles. The number of anilines is 1. The Bertz CT molecular complexity index is 1090. The molecule has 0 spiro atoms. The molecule has 0 bridgehead atoms. The van der Waals surface area contributed by atoms with E-state index in [4.69, 9.17) is 4.74 Å². The van der Waals surface area contributed by atoms with Gasteiger partial charge in [0, 0.05) is 54.8 Å². The molecule has 1 aliphatic rings. The van der Waals surface area contributed by atoms with Crippen LogP contribution >= 0.6 is 0 Å². The van der Waals surface area contributed by atoms with Crippen LogP contribution in [0.5, 0.6) is 0 Å². The third kappa shape index (κ3) is 3.20. The Labute approximate surface area is 162 Å². The van der Waals surface area contributed by atoms with E-state index in [9.17, 15) is 0 Å². The van der Waals surface area contributed by atoms with Crippen LogP contribution in [0.1, 0.15) is 32.6 Å². The number of nitrogens with zero attached hydrogens (tertiary/aromatic N) is 6. The van der Waals surface area contributed by atoms with Crippen molar-refractivity contribution in [3.05, 3.63) is 43.2 Å². The van der Waals surface area contributed by atoms with Crippen molar-refractivity contribution < 1.29 is 4.74 Å². The average molecular weight is 377 g/mol. The van der Waals surface area contributed by atoms with E-state index in [1.54, 1.807) is 6.20 Å². The molecule has 8 heteroatoms. The molecule has 0 unspecified atom stereocenters. The molecular formula is C20H23N7O. The van der Waals surface area contributed by atoms with Crippen LogP contribution in [0.3, 0.4) is 0 Å². The third-order valence-electron chi connectivity index (χ3n) is 5.38. The van der Waals surface area contributed by atoms with E-state index in [1.165, 1.54) is 0 Å². The molecule has 1 aliphatic carbocycles. The summed E-state index contributed by atoms with van der Waals surface area (Å²) >= 11 is 0. The Balaban J connectivity index is 1.35. The van der Waals surface area contributed by atoms with Crippen LogP contribution in [-0.2, 0) is 4.74 Å². The van der Waals surface area contributed by atoms with E-state index < -0.39 is 0 Å². The minimum absolute atomic E-state index is 0.400. The maximum Gasteiger partial charge on any atom is 0.241 e. The van der Waals surface area contributed by atoms with E-state index in [-0.39, 0.29) is 0 Å². The van der Waals surface area contributed by atoms with Crippen LogP contribution in [-0.4, -0.2) is 47.7 Å². The summed E-state index contributed by atoms with van der Waals surface area (Å²) in [6.07, 6.45) is 16.1. The van der Waals surface area contributed by atoms with Crippen molar-refractivity contribution in [1.82, 2.24) is 29.0 Å². The van der Waals surface area contributed by atoms with Crippen LogP contribution in [0.4, 0.5) is 5.95 Å². The number of fused-ring (bicyclic) bond motifs is 2. The second-order valence-electron chi connectivity index (χ2n) is 7.19. The predicted octanol–water partition coefficient (Wildman–Crippen LogP) is 3.20. The van der Waals surface area contributed by atoms with Gasteiger partial charge in [-0.2, -0.15) is 0 Å². The molecular weight excluding hydrogens is 354 g/mol. The number of nitrogens with one attached hydrogen (secondary N) is 1. The Hall–Kier alpha value is -3.00. The van der Waals surface area contributed by atoms with E-state index in [1.807, 2.05) is 46.0 Å². The summed E-state index contributed by atoms with van der Waals surface area (Å²) in [4.78, 5) is 13.1. The fourth-order valence-electron chi connectivity index (χ4n) is 3.96. The molecule has 8 nitrogen and oxygen atoms in total. The van der Waals surface area contributed by atoms with Crippen LogP contribution in [0.25, 0.3) is 22.4 Å². The van der Waals surface area contributed by atoms with E-state index in [2.05, 4.69) is 32.3 Å². The van der Waals surface area contributed by atoms with Gasteiger partial charge in [-0.3, -0.25) is 4.40 Å². The molecule has 1 fully saturated rings. The van der Waals surface area contributed by atoms with Gasteiger partial charge in [0.05, 0.1) is 17.8 Å². The van der Waals surface area contributed by atoms with Gasteiger partial charge < -0.3 is 10.1 Å². The lowest BCUT2D eigenvalue weighted by molar-refractivity contribution is 0.0346. The third-order valence-corrected chi connectivity index (χ3v) is 5.38. The maximum absolute atomic E-state index is 5.73. The normalized spacial score (nSPS) is 20.0. The summed E-state index contributed by atoms with van der Waals surface area (Å²) in [5, 5.41) is 8.13. The highest BCUT2D eigenvalue weighted by Crippen LogP contribution is 2.26. The monoisotopic (exact) mass is 377 g/mol. The van der Waals surface area contributed by atoms with Gasteiger partial charge in [0.2, 0.25) is 11.7 Å². The molecule has 4 aromatic heterocycles. The predicted molar refractivity (Wildman–Crippen MR) is 106 cm³/mol. The minimum atomic E-state index is 0.400. The van der Waals surface area contributed by atoms with Gasteiger partial charge in [0.25, 0.3) is 0 Å². The van der Waals surface area contributed by atoms with Crippen LogP contribution in [0.15, 0.2) is 43.2 Å². The highest BCUT2D eigenvalue weighted by molar-refractivity contribution is 5.79. The minimum Gasteiger partial charge on any atom is -0.379 e. The van der Waals surface area contributed by atoms with Gasteiger partial charge in [0.15, 0.2) is 0 Å². The molecule has 144 valence electrons. The molecule has 1 N–H and O–H groups in total. The summed E-state index contributed by atoms with van der Waals surface area (Å²) in [7, 11) is 0. The fourth-order valence-corrected chi connectivity index (χ4v) is 3.96. The summed E-state index contributed by atoms with van der Waals surface area (Å²) < 4.78 is 9.51. The van der Waals surface area contributed by atoms with E-state index in [0.29, 0.717) is 23.9 Å². The van der Waals surface area contributed by atoms with Gasteiger partial charge in [-0.15, -0.1) is 5.10 Å². The Morgan fingerprint density at radius 2 is 2.00 bits per heavy atom. The number of hydrogen-bond donors (Lipinski definition) is 1. The van der Waals surface area contributed by atoms with Crippen LogP contribution in [0.2, 0.25) is 0 Å². The summed E-state index contributed by atoms with van der Waals surface area (Å²) in [5.74, 6) is 1.35. The Morgan fingerprint density at radius 1 is 1.11 bits per heavy atom. The van der Waals surface area contributed by atoms with Crippen molar-refractivity contribution in [2.45, 2.75) is 44.8 Å². The SMILES string of the molecule is CCO[C@H]1CC[C@@H](Nc2ncc3c(-c4cnc5nccn5c4)ccn3n2)CC1. The van der Waals surface area contributed by atoms with Gasteiger partial charge in [-0.05, 0) is 38.7 Å². The second-order valence-corrected chi connectivity index (χ2v) is 7.19. The molecule has 28 heavy (non-hydrogen) atoms. The van der Waals surface area contributed by atoms with Crippen molar-refractivity contribution in [1.29, 1.82) is 0 Å². The maximum atomic E-state index is 5.73. The van der Waals surface area contributed by atoms with E-state index in [0.717, 1.165) is 48.9 Å². The second kappa shape index (κ2) is 7.20. The van der Waals surface area contributed by atoms with Gasteiger partial charge in [-0.25, -0.2) is 19.5 Å². The van der Waals surface area contributed by atoms with Crippen molar-refractivity contribution in [3.63, 3.8) is 0 Å².